The number of fused-ring (bicyclic) bond motifs is 1. The highest BCUT2D eigenvalue weighted by atomic mass is 32.2. The fourth-order valence-electron chi connectivity index (χ4n) is 3.88. The molecule has 2 aliphatic rings. The van der Waals surface area contributed by atoms with Gasteiger partial charge in [0.15, 0.2) is 9.84 Å². The molecule has 2 heterocycles. The first-order valence-corrected chi connectivity index (χ1v) is 11.6. The van der Waals surface area contributed by atoms with Crippen LogP contribution in [-0.4, -0.2) is 53.9 Å². The molecule has 3 rings (SSSR count). The Bertz CT molecular complexity index is 987. The van der Waals surface area contributed by atoms with Gasteiger partial charge in [0, 0.05) is 30.5 Å². The summed E-state index contributed by atoms with van der Waals surface area (Å²) in [6, 6.07) is 3.74. The number of sulfone groups is 1. The lowest BCUT2D eigenvalue weighted by Crippen LogP contribution is -2.52. The quantitative estimate of drug-likeness (QED) is 0.439. The van der Waals surface area contributed by atoms with E-state index in [0.717, 1.165) is 0 Å². The number of unbranched alkanes of at least 4 members (excludes halogenated alkanes) is 3. The molecule has 1 unspecified atom stereocenters. The molecule has 3 amide bonds. The Labute approximate surface area is 174 Å². The van der Waals surface area contributed by atoms with Gasteiger partial charge in [0.25, 0.3) is 5.91 Å². The summed E-state index contributed by atoms with van der Waals surface area (Å²) in [5.74, 6) is -2.30. The molecule has 0 aliphatic carbocycles. The van der Waals surface area contributed by atoms with Gasteiger partial charge in [-0.15, -0.1) is 0 Å². The van der Waals surface area contributed by atoms with Gasteiger partial charge in [0.1, 0.15) is 6.04 Å². The number of carboxylic acid groups (broad SMARTS) is 1. The van der Waals surface area contributed by atoms with Crippen LogP contribution in [-0.2, 0) is 30.8 Å². The Hall–Kier alpha value is -2.75. The summed E-state index contributed by atoms with van der Waals surface area (Å²) in [5.41, 5.74) is 0.653. The van der Waals surface area contributed by atoms with Gasteiger partial charge in [-0.05, 0) is 31.4 Å². The van der Waals surface area contributed by atoms with Gasteiger partial charge in [-0.25, -0.2) is 8.42 Å². The van der Waals surface area contributed by atoms with E-state index >= 15 is 0 Å². The van der Waals surface area contributed by atoms with Crippen molar-refractivity contribution < 1.29 is 32.7 Å². The summed E-state index contributed by atoms with van der Waals surface area (Å²) in [7, 11) is -3.64. The molecule has 1 atom stereocenters. The topological polar surface area (TPSA) is 138 Å². The van der Waals surface area contributed by atoms with Gasteiger partial charge in [0.2, 0.25) is 11.8 Å². The van der Waals surface area contributed by atoms with Crippen LogP contribution in [0, 0.1) is 0 Å². The maximum Gasteiger partial charge on any atom is 0.303 e. The number of nitrogens with one attached hydrogen (secondary N) is 1. The SMILES string of the molecule is O=C(O)CCCCCCS(=O)(=O)c1cccc2c1CN(C1CCC(=O)NC1=O)C2=O. The van der Waals surface area contributed by atoms with Gasteiger partial charge >= 0.3 is 5.97 Å². The minimum absolute atomic E-state index is 0.00839. The summed E-state index contributed by atoms with van der Waals surface area (Å²) >= 11 is 0. The number of rotatable bonds is 9. The molecule has 0 saturated carbocycles. The first-order chi connectivity index (χ1) is 14.2. The summed E-state index contributed by atoms with van der Waals surface area (Å²) in [5, 5.41) is 10.9. The predicted molar refractivity (Wildman–Crippen MR) is 105 cm³/mol. The minimum Gasteiger partial charge on any atom is -0.481 e. The van der Waals surface area contributed by atoms with E-state index in [0.29, 0.717) is 31.2 Å². The average Bonchev–Trinajstić information content (AvgIpc) is 3.01. The number of imide groups is 1. The summed E-state index contributed by atoms with van der Waals surface area (Å²) in [4.78, 5) is 48.3. The number of hydrogen-bond acceptors (Lipinski definition) is 6. The highest BCUT2D eigenvalue weighted by Crippen LogP contribution is 2.32. The number of aliphatic carboxylic acids is 1. The number of piperidine rings is 1. The number of carboxylic acids is 1. The third kappa shape index (κ3) is 4.69. The van der Waals surface area contributed by atoms with E-state index in [2.05, 4.69) is 5.32 Å². The summed E-state index contributed by atoms with van der Waals surface area (Å²) < 4.78 is 25.8. The first-order valence-electron chi connectivity index (χ1n) is 9.92. The number of nitrogens with zero attached hydrogens (tertiary/aromatic N) is 1. The van der Waals surface area contributed by atoms with E-state index in [9.17, 15) is 27.6 Å². The number of carbonyl (C=O) groups is 4. The summed E-state index contributed by atoms with van der Waals surface area (Å²) in [6.07, 6.45) is 2.55. The highest BCUT2D eigenvalue weighted by Gasteiger charge is 2.40. The van der Waals surface area contributed by atoms with Crippen LogP contribution in [0.15, 0.2) is 23.1 Å². The van der Waals surface area contributed by atoms with E-state index < -0.39 is 33.7 Å². The largest absolute Gasteiger partial charge is 0.481 e. The lowest BCUT2D eigenvalue weighted by molar-refractivity contribution is -0.138. The maximum absolute atomic E-state index is 12.9. The third-order valence-corrected chi connectivity index (χ3v) is 7.31. The molecule has 0 radical (unpaired) electrons. The third-order valence-electron chi connectivity index (χ3n) is 5.43. The standard InChI is InChI=1S/C20H24N2O7S/c23-17-10-9-15(19(26)21-17)22-12-14-13(20(22)27)6-5-7-16(14)30(28,29)11-4-2-1-3-8-18(24)25/h5-7,15H,1-4,8-12H2,(H,24,25)(H,21,23,26). The van der Waals surface area contributed by atoms with E-state index in [1.165, 1.54) is 17.0 Å². The zero-order valence-corrected chi connectivity index (χ0v) is 17.2. The number of amides is 3. The molecule has 2 aliphatic heterocycles. The van der Waals surface area contributed by atoms with Gasteiger partial charge in [0.05, 0.1) is 10.6 Å². The van der Waals surface area contributed by atoms with Crippen molar-refractivity contribution in [3.8, 4) is 0 Å². The number of benzene rings is 1. The Balaban J connectivity index is 1.70. The van der Waals surface area contributed by atoms with Crippen LogP contribution < -0.4 is 5.32 Å². The molecule has 0 bridgehead atoms. The molecule has 10 heteroatoms. The second-order valence-electron chi connectivity index (χ2n) is 7.56. The van der Waals surface area contributed by atoms with Gasteiger partial charge in [-0.1, -0.05) is 18.9 Å². The smallest absolute Gasteiger partial charge is 0.303 e. The van der Waals surface area contributed by atoms with E-state index in [-0.39, 0.29) is 47.9 Å². The molecule has 2 N–H and O–H groups in total. The molecule has 1 fully saturated rings. The predicted octanol–water partition coefficient (Wildman–Crippen LogP) is 1.26. The zero-order valence-electron chi connectivity index (χ0n) is 16.4. The van der Waals surface area contributed by atoms with Crippen molar-refractivity contribution in [1.29, 1.82) is 0 Å². The molecule has 30 heavy (non-hydrogen) atoms. The molecule has 1 aromatic rings. The van der Waals surface area contributed by atoms with Crippen LogP contribution in [0.4, 0.5) is 0 Å². The second-order valence-corrected chi connectivity index (χ2v) is 9.64. The number of carbonyl (C=O) groups excluding carboxylic acids is 3. The van der Waals surface area contributed by atoms with E-state index in [4.69, 9.17) is 5.11 Å². The van der Waals surface area contributed by atoms with Crippen molar-refractivity contribution in [2.24, 2.45) is 0 Å². The average molecular weight is 436 g/mol. The molecule has 1 saturated heterocycles. The van der Waals surface area contributed by atoms with Crippen molar-refractivity contribution in [3.63, 3.8) is 0 Å². The van der Waals surface area contributed by atoms with E-state index in [1.54, 1.807) is 6.07 Å². The van der Waals surface area contributed by atoms with Crippen LogP contribution in [0.3, 0.4) is 0 Å². The molecule has 0 aromatic heterocycles. The molecule has 1 aromatic carbocycles. The molecule has 162 valence electrons. The van der Waals surface area contributed by atoms with Crippen LogP contribution >= 0.6 is 0 Å². The van der Waals surface area contributed by atoms with Crippen molar-refractivity contribution in [2.75, 3.05) is 5.75 Å². The lowest BCUT2D eigenvalue weighted by atomic mass is 10.0. The van der Waals surface area contributed by atoms with Gasteiger partial charge in [-0.3, -0.25) is 24.5 Å². The zero-order chi connectivity index (χ0) is 21.9. The molecule has 0 spiro atoms. The van der Waals surface area contributed by atoms with Crippen molar-refractivity contribution in [2.45, 2.75) is 62.4 Å². The fourth-order valence-corrected chi connectivity index (χ4v) is 5.52. The second kappa shape index (κ2) is 8.95. The maximum atomic E-state index is 12.9. The Morgan fingerprint density at radius 3 is 2.57 bits per heavy atom. The Kier molecular flexibility index (Phi) is 6.55. The fraction of sp³-hybridized carbons (Fsp3) is 0.500. The Morgan fingerprint density at radius 2 is 1.87 bits per heavy atom. The lowest BCUT2D eigenvalue weighted by Gasteiger charge is -2.29. The monoisotopic (exact) mass is 436 g/mol. The van der Waals surface area contributed by atoms with Gasteiger partial charge in [-0.2, -0.15) is 0 Å². The van der Waals surface area contributed by atoms with Crippen LogP contribution in [0.5, 0.6) is 0 Å². The van der Waals surface area contributed by atoms with Crippen molar-refractivity contribution in [1.82, 2.24) is 10.2 Å². The van der Waals surface area contributed by atoms with Crippen LogP contribution in [0.1, 0.15) is 60.9 Å². The normalized spacial score (nSPS) is 19.0. The van der Waals surface area contributed by atoms with Crippen molar-refractivity contribution >= 4 is 33.5 Å². The number of hydrogen-bond donors (Lipinski definition) is 2. The first kappa shape index (κ1) is 21.9. The van der Waals surface area contributed by atoms with Gasteiger partial charge < -0.3 is 10.0 Å². The highest BCUT2D eigenvalue weighted by molar-refractivity contribution is 7.91. The Morgan fingerprint density at radius 1 is 1.13 bits per heavy atom. The molecular weight excluding hydrogens is 412 g/mol. The van der Waals surface area contributed by atoms with Crippen LogP contribution in [0.25, 0.3) is 0 Å². The van der Waals surface area contributed by atoms with Crippen molar-refractivity contribution in [3.05, 3.63) is 29.3 Å². The minimum atomic E-state index is -3.64. The molecular formula is C20H24N2O7S. The summed E-state index contributed by atoms with van der Waals surface area (Å²) in [6.45, 7) is 0.00839. The molecule has 9 nitrogen and oxygen atoms in total. The van der Waals surface area contributed by atoms with E-state index in [1.807, 2.05) is 0 Å². The van der Waals surface area contributed by atoms with Crippen LogP contribution in [0.2, 0.25) is 0 Å².